The van der Waals surface area contributed by atoms with E-state index < -0.39 is 12.8 Å². The largest absolute Gasteiger partial charge is 0.479 e. The molecule has 0 radical (unpaired) electrons. The number of benzene rings is 2. The highest BCUT2D eigenvalue weighted by molar-refractivity contribution is 5.81. The fraction of sp³-hybridized carbons (Fsp3) is 0.125. The smallest absolute Gasteiger partial charge is 0.422 e. The number of carbonyl (C=O) groups is 1. The van der Waals surface area contributed by atoms with Crippen molar-refractivity contribution in [3.8, 4) is 23.3 Å². The number of rotatable bonds is 5. The Bertz CT molecular complexity index is 751. The lowest BCUT2D eigenvalue weighted by Crippen LogP contribution is -2.20. The van der Waals surface area contributed by atoms with Gasteiger partial charge in [-0.2, -0.15) is 18.4 Å². The molecular formula is C16H10F3NO3. The second kappa shape index (κ2) is 6.83. The van der Waals surface area contributed by atoms with Crippen LogP contribution in [0.2, 0.25) is 0 Å². The van der Waals surface area contributed by atoms with Crippen LogP contribution in [-0.2, 0) is 0 Å². The summed E-state index contributed by atoms with van der Waals surface area (Å²) in [6.45, 7) is -1.56. The van der Waals surface area contributed by atoms with E-state index in [0.717, 1.165) is 0 Å². The molecule has 0 atom stereocenters. The SMILES string of the molecule is N#Cc1ccccc1Oc1cccc(C=O)c1OCC(F)(F)F. The Balaban J connectivity index is 2.38. The zero-order valence-electron chi connectivity index (χ0n) is 11.6. The molecule has 0 aliphatic rings. The summed E-state index contributed by atoms with van der Waals surface area (Å²) in [4.78, 5) is 11.0. The van der Waals surface area contributed by atoms with Gasteiger partial charge in [0.1, 0.15) is 11.8 Å². The van der Waals surface area contributed by atoms with Crippen LogP contribution in [0.5, 0.6) is 17.2 Å². The first-order valence-electron chi connectivity index (χ1n) is 6.39. The van der Waals surface area contributed by atoms with Crippen molar-refractivity contribution in [2.45, 2.75) is 6.18 Å². The van der Waals surface area contributed by atoms with E-state index in [0.29, 0.717) is 6.29 Å². The van der Waals surface area contributed by atoms with Crippen molar-refractivity contribution in [2.75, 3.05) is 6.61 Å². The van der Waals surface area contributed by atoms with Crippen molar-refractivity contribution < 1.29 is 27.4 Å². The third-order valence-corrected chi connectivity index (χ3v) is 2.74. The van der Waals surface area contributed by atoms with Gasteiger partial charge in [0.2, 0.25) is 0 Å². The Labute approximate surface area is 129 Å². The summed E-state index contributed by atoms with van der Waals surface area (Å²) >= 11 is 0. The molecule has 0 saturated heterocycles. The Morgan fingerprint density at radius 1 is 1.09 bits per heavy atom. The van der Waals surface area contributed by atoms with Gasteiger partial charge in [-0.1, -0.05) is 18.2 Å². The highest BCUT2D eigenvalue weighted by Crippen LogP contribution is 2.36. The van der Waals surface area contributed by atoms with Gasteiger partial charge in [0.25, 0.3) is 0 Å². The molecule has 0 bridgehead atoms. The Morgan fingerprint density at radius 2 is 1.78 bits per heavy atom. The lowest BCUT2D eigenvalue weighted by Gasteiger charge is -2.15. The van der Waals surface area contributed by atoms with Crippen molar-refractivity contribution in [1.82, 2.24) is 0 Å². The number of halogens is 3. The van der Waals surface area contributed by atoms with Crippen LogP contribution in [0.15, 0.2) is 42.5 Å². The number of aldehydes is 1. The van der Waals surface area contributed by atoms with Crippen LogP contribution in [0.3, 0.4) is 0 Å². The van der Waals surface area contributed by atoms with Gasteiger partial charge in [-0.3, -0.25) is 4.79 Å². The third kappa shape index (κ3) is 4.23. The molecule has 0 spiro atoms. The molecule has 0 aromatic heterocycles. The molecule has 0 aliphatic carbocycles. The maximum Gasteiger partial charge on any atom is 0.422 e. The topological polar surface area (TPSA) is 59.3 Å². The average molecular weight is 321 g/mol. The highest BCUT2D eigenvalue weighted by atomic mass is 19.4. The normalized spacial score (nSPS) is 10.7. The highest BCUT2D eigenvalue weighted by Gasteiger charge is 2.29. The van der Waals surface area contributed by atoms with Gasteiger partial charge in [-0.05, 0) is 24.3 Å². The molecule has 0 saturated carbocycles. The van der Waals surface area contributed by atoms with Crippen molar-refractivity contribution in [3.63, 3.8) is 0 Å². The Morgan fingerprint density at radius 3 is 2.43 bits per heavy atom. The first kappa shape index (κ1) is 16.4. The molecule has 0 amide bonds. The lowest BCUT2D eigenvalue weighted by molar-refractivity contribution is -0.153. The number of carbonyl (C=O) groups excluding carboxylic acids is 1. The van der Waals surface area contributed by atoms with Gasteiger partial charge >= 0.3 is 6.18 Å². The van der Waals surface area contributed by atoms with Crippen LogP contribution in [0, 0.1) is 11.3 Å². The summed E-state index contributed by atoms with van der Waals surface area (Å²) in [5.41, 5.74) is 0.118. The summed E-state index contributed by atoms with van der Waals surface area (Å²) in [5, 5.41) is 9.01. The second-order valence-electron chi connectivity index (χ2n) is 4.41. The number of para-hydroxylation sites is 2. The van der Waals surface area contributed by atoms with E-state index in [1.54, 1.807) is 12.1 Å². The summed E-state index contributed by atoms with van der Waals surface area (Å²) in [5.74, 6) is -0.260. The summed E-state index contributed by atoms with van der Waals surface area (Å²) in [6, 6.07) is 12.2. The van der Waals surface area contributed by atoms with Gasteiger partial charge in [0.05, 0.1) is 11.1 Å². The van der Waals surface area contributed by atoms with Crippen LogP contribution < -0.4 is 9.47 Å². The van der Waals surface area contributed by atoms with E-state index in [2.05, 4.69) is 0 Å². The molecule has 0 unspecified atom stereocenters. The molecule has 0 aliphatic heterocycles. The minimum absolute atomic E-state index is 0.0819. The van der Waals surface area contributed by atoms with Crippen molar-refractivity contribution >= 4 is 6.29 Å². The summed E-state index contributed by atoms with van der Waals surface area (Å²) in [6.07, 6.45) is -4.19. The van der Waals surface area contributed by atoms with Gasteiger partial charge in [0.15, 0.2) is 24.4 Å². The van der Waals surface area contributed by atoms with Gasteiger partial charge in [0, 0.05) is 0 Å². The molecule has 2 aromatic carbocycles. The Kier molecular flexibility index (Phi) is 4.86. The molecule has 0 heterocycles. The minimum atomic E-state index is -4.56. The van der Waals surface area contributed by atoms with E-state index in [1.807, 2.05) is 6.07 Å². The summed E-state index contributed by atoms with van der Waals surface area (Å²) < 4.78 is 47.2. The van der Waals surface area contributed by atoms with E-state index in [4.69, 9.17) is 14.7 Å². The molecule has 0 fully saturated rings. The zero-order valence-corrected chi connectivity index (χ0v) is 11.6. The van der Waals surface area contributed by atoms with Crippen molar-refractivity contribution in [3.05, 3.63) is 53.6 Å². The van der Waals surface area contributed by atoms with Gasteiger partial charge < -0.3 is 9.47 Å². The Hall–Kier alpha value is -3.01. The van der Waals surface area contributed by atoms with Crippen molar-refractivity contribution in [1.29, 1.82) is 5.26 Å². The molecule has 118 valence electrons. The first-order valence-corrected chi connectivity index (χ1v) is 6.39. The van der Waals surface area contributed by atoms with Crippen LogP contribution in [0.1, 0.15) is 15.9 Å². The molecule has 23 heavy (non-hydrogen) atoms. The average Bonchev–Trinajstić information content (AvgIpc) is 2.53. The lowest BCUT2D eigenvalue weighted by atomic mass is 10.2. The van der Waals surface area contributed by atoms with Crippen LogP contribution in [-0.4, -0.2) is 19.1 Å². The maximum absolute atomic E-state index is 12.4. The molecular weight excluding hydrogens is 311 g/mol. The zero-order chi connectivity index (χ0) is 16.9. The molecule has 2 aromatic rings. The standard InChI is InChI=1S/C16H10F3NO3/c17-16(18,19)10-22-15-12(9-21)5-3-7-14(15)23-13-6-2-1-4-11(13)8-20/h1-7,9H,10H2. The fourth-order valence-corrected chi connectivity index (χ4v) is 1.78. The quantitative estimate of drug-likeness (QED) is 0.778. The van der Waals surface area contributed by atoms with Gasteiger partial charge in [-0.15, -0.1) is 0 Å². The predicted molar refractivity (Wildman–Crippen MR) is 74.6 cm³/mol. The third-order valence-electron chi connectivity index (χ3n) is 2.74. The second-order valence-corrected chi connectivity index (χ2v) is 4.41. The monoisotopic (exact) mass is 321 g/mol. The molecule has 4 nitrogen and oxygen atoms in total. The van der Waals surface area contributed by atoms with E-state index in [1.165, 1.54) is 30.3 Å². The first-order chi connectivity index (χ1) is 10.9. The van der Waals surface area contributed by atoms with E-state index in [-0.39, 0.29) is 28.4 Å². The van der Waals surface area contributed by atoms with Gasteiger partial charge in [-0.25, -0.2) is 0 Å². The maximum atomic E-state index is 12.4. The molecule has 2 rings (SSSR count). The summed E-state index contributed by atoms with van der Waals surface area (Å²) in [7, 11) is 0. The van der Waals surface area contributed by atoms with Crippen molar-refractivity contribution in [2.24, 2.45) is 0 Å². The molecule has 7 heteroatoms. The van der Waals surface area contributed by atoms with E-state index in [9.17, 15) is 18.0 Å². The van der Waals surface area contributed by atoms with Crippen LogP contribution in [0.4, 0.5) is 13.2 Å². The minimum Gasteiger partial charge on any atom is -0.479 e. The number of alkyl halides is 3. The van der Waals surface area contributed by atoms with E-state index >= 15 is 0 Å². The predicted octanol–water partition coefficient (Wildman–Crippen LogP) is 4.10. The van der Waals surface area contributed by atoms with Crippen LogP contribution in [0.25, 0.3) is 0 Å². The number of ether oxygens (including phenoxy) is 2. The number of nitrogens with zero attached hydrogens (tertiary/aromatic N) is 1. The molecule has 0 N–H and O–H groups in total. The number of hydrogen-bond acceptors (Lipinski definition) is 4. The number of hydrogen-bond donors (Lipinski definition) is 0. The number of nitriles is 1. The fourth-order valence-electron chi connectivity index (χ4n) is 1.78. The van der Waals surface area contributed by atoms with Crippen LogP contribution >= 0.6 is 0 Å².